The standard InChI is InChI=1S/C30H33F3N8O2/c1-4-40-11-13-41(14-12-40)17-21-7-6-20(15-24(21)30(31,32)33)28(42)37-22-8-5-19(2)25(16-22)38-29(43)39(3)27-23-9-10-34-26(23)35-18-36-27/h5-10,15-16,18H,4,11-14,17H2,1-3H3,(H,37,42)(H,38,43)(H,34,35,36). The lowest BCUT2D eigenvalue weighted by molar-refractivity contribution is -0.138. The molecule has 2 aromatic heterocycles. The van der Waals surface area contributed by atoms with Crippen molar-refractivity contribution in [3.05, 3.63) is 77.2 Å². The fraction of sp³-hybridized carbons (Fsp3) is 0.333. The number of anilines is 3. The molecule has 3 amide bonds. The molecule has 4 aromatic rings. The summed E-state index contributed by atoms with van der Waals surface area (Å²) in [6, 6.07) is 9.86. The summed E-state index contributed by atoms with van der Waals surface area (Å²) >= 11 is 0. The molecule has 226 valence electrons. The molecule has 3 heterocycles. The number of fused-ring (bicyclic) bond motifs is 1. The Hall–Kier alpha value is -4.49. The van der Waals surface area contributed by atoms with E-state index in [0.29, 0.717) is 41.3 Å². The molecule has 2 aromatic carbocycles. The zero-order valence-corrected chi connectivity index (χ0v) is 24.1. The number of aromatic nitrogens is 3. The van der Waals surface area contributed by atoms with Crippen LogP contribution >= 0.6 is 0 Å². The molecule has 0 aliphatic carbocycles. The molecular formula is C30H33F3N8O2. The lowest BCUT2D eigenvalue weighted by atomic mass is 10.0. The molecule has 10 nitrogen and oxygen atoms in total. The number of halogens is 3. The van der Waals surface area contributed by atoms with E-state index in [9.17, 15) is 22.8 Å². The molecule has 0 unspecified atom stereocenters. The van der Waals surface area contributed by atoms with Crippen molar-refractivity contribution < 1.29 is 22.8 Å². The molecule has 43 heavy (non-hydrogen) atoms. The van der Waals surface area contributed by atoms with Gasteiger partial charge in [-0.3, -0.25) is 14.6 Å². The van der Waals surface area contributed by atoms with Crippen LogP contribution < -0.4 is 15.5 Å². The van der Waals surface area contributed by atoms with Gasteiger partial charge in [-0.25, -0.2) is 14.8 Å². The van der Waals surface area contributed by atoms with E-state index in [1.807, 2.05) is 4.90 Å². The molecule has 3 N–H and O–H groups in total. The van der Waals surface area contributed by atoms with Crippen LogP contribution in [0.5, 0.6) is 0 Å². The normalized spacial score (nSPS) is 14.6. The first-order valence-corrected chi connectivity index (χ1v) is 13.9. The predicted molar refractivity (Wildman–Crippen MR) is 159 cm³/mol. The maximum atomic E-state index is 14.1. The monoisotopic (exact) mass is 594 g/mol. The van der Waals surface area contributed by atoms with Gasteiger partial charge in [0, 0.05) is 62.9 Å². The van der Waals surface area contributed by atoms with Crippen molar-refractivity contribution in [3.63, 3.8) is 0 Å². The second-order valence-electron chi connectivity index (χ2n) is 10.5. The number of aryl methyl sites for hydroxylation is 1. The van der Waals surface area contributed by atoms with E-state index in [-0.39, 0.29) is 17.7 Å². The van der Waals surface area contributed by atoms with Gasteiger partial charge in [0.05, 0.1) is 10.9 Å². The van der Waals surface area contributed by atoms with Crippen LogP contribution in [-0.4, -0.2) is 76.5 Å². The van der Waals surface area contributed by atoms with Gasteiger partial charge in [-0.15, -0.1) is 0 Å². The Balaban J connectivity index is 1.30. The summed E-state index contributed by atoms with van der Waals surface area (Å²) in [5.74, 6) is -0.291. The van der Waals surface area contributed by atoms with Crippen molar-refractivity contribution in [2.24, 2.45) is 0 Å². The van der Waals surface area contributed by atoms with Crippen molar-refractivity contribution in [2.75, 3.05) is 55.3 Å². The van der Waals surface area contributed by atoms with Gasteiger partial charge in [-0.1, -0.05) is 19.1 Å². The second-order valence-corrected chi connectivity index (χ2v) is 10.5. The van der Waals surface area contributed by atoms with Crippen LogP contribution in [0.1, 0.15) is 34.0 Å². The number of H-pyrrole nitrogens is 1. The SMILES string of the molecule is CCN1CCN(Cc2ccc(C(=O)Nc3ccc(C)c(NC(=O)N(C)c4ncnc5[nH]ccc45)c3)cc2C(F)(F)F)CC1. The van der Waals surface area contributed by atoms with Crippen molar-refractivity contribution >= 4 is 40.2 Å². The highest BCUT2D eigenvalue weighted by Gasteiger charge is 2.34. The Morgan fingerprint density at radius 2 is 1.74 bits per heavy atom. The lowest BCUT2D eigenvalue weighted by Gasteiger charge is -2.34. The van der Waals surface area contributed by atoms with Gasteiger partial charge in [0.15, 0.2) is 0 Å². The van der Waals surface area contributed by atoms with Gasteiger partial charge in [-0.05, 0) is 54.9 Å². The van der Waals surface area contributed by atoms with Crippen molar-refractivity contribution in [3.8, 4) is 0 Å². The number of carbonyl (C=O) groups excluding carboxylic acids is 2. The summed E-state index contributed by atoms with van der Waals surface area (Å²) in [6.45, 7) is 7.92. The summed E-state index contributed by atoms with van der Waals surface area (Å²) in [5, 5.41) is 6.14. The van der Waals surface area contributed by atoms with Crippen LogP contribution in [-0.2, 0) is 12.7 Å². The summed E-state index contributed by atoms with van der Waals surface area (Å²) in [4.78, 5) is 43.1. The Morgan fingerprint density at radius 1 is 1.00 bits per heavy atom. The number of rotatable bonds is 7. The van der Waals surface area contributed by atoms with E-state index in [4.69, 9.17) is 0 Å². The third kappa shape index (κ3) is 6.78. The summed E-state index contributed by atoms with van der Waals surface area (Å²) in [5.41, 5.74) is 1.24. The molecule has 1 saturated heterocycles. The number of nitrogens with one attached hydrogen (secondary N) is 3. The number of aromatic amines is 1. The van der Waals surface area contributed by atoms with Crippen molar-refractivity contribution in [1.29, 1.82) is 0 Å². The highest BCUT2D eigenvalue weighted by Crippen LogP contribution is 2.34. The fourth-order valence-electron chi connectivity index (χ4n) is 5.08. The first-order chi connectivity index (χ1) is 20.5. The van der Waals surface area contributed by atoms with Crippen LogP contribution in [0, 0.1) is 6.92 Å². The molecule has 1 aliphatic rings. The number of hydrogen-bond donors (Lipinski definition) is 3. The van der Waals surface area contributed by atoms with Gasteiger partial charge < -0.3 is 20.5 Å². The number of piperazine rings is 1. The van der Waals surface area contributed by atoms with Crippen LogP contribution in [0.4, 0.5) is 35.2 Å². The average Bonchev–Trinajstić information content (AvgIpc) is 3.48. The molecule has 1 aliphatic heterocycles. The summed E-state index contributed by atoms with van der Waals surface area (Å²) < 4.78 is 42.2. The van der Waals surface area contributed by atoms with Gasteiger partial charge in [0.2, 0.25) is 0 Å². The molecule has 1 fully saturated rings. The minimum atomic E-state index is -4.61. The van der Waals surface area contributed by atoms with Gasteiger partial charge >= 0.3 is 12.2 Å². The van der Waals surface area contributed by atoms with Gasteiger partial charge in [0.25, 0.3) is 5.91 Å². The average molecular weight is 595 g/mol. The predicted octanol–water partition coefficient (Wildman–Crippen LogP) is 5.34. The number of nitrogens with zero attached hydrogens (tertiary/aromatic N) is 5. The van der Waals surface area contributed by atoms with Gasteiger partial charge in [0.1, 0.15) is 17.8 Å². The molecule has 0 saturated carbocycles. The van der Waals surface area contributed by atoms with E-state index >= 15 is 0 Å². The van der Waals surface area contributed by atoms with E-state index in [1.165, 1.54) is 23.4 Å². The number of alkyl halides is 3. The van der Waals surface area contributed by atoms with E-state index in [0.717, 1.165) is 31.3 Å². The largest absolute Gasteiger partial charge is 0.416 e. The lowest BCUT2D eigenvalue weighted by Crippen LogP contribution is -2.45. The minimum Gasteiger partial charge on any atom is -0.346 e. The number of likely N-dealkylation sites (N-methyl/N-ethyl adjacent to an activating group) is 1. The Bertz CT molecular complexity index is 1630. The van der Waals surface area contributed by atoms with E-state index < -0.39 is 23.7 Å². The highest BCUT2D eigenvalue weighted by molar-refractivity contribution is 6.07. The Kier molecular flexibility index (Phi) is 8.64. The Morgan fingerprint density at radius 3 is 2.47 bits per heavy atom. The third-order valence-corrected chi connectivity index (χ3v) is 7.68. The maximum absolute atomic E-state index is 14.1. The van der Waals surface area contributed by atoms with Gasteiger partial charge in [-0.2, -0.15) is 13.2 Å². The Labute approximate surface area is 246 Å². The smallest absolute Gasteiger partial charge is 0.346 e. The van der Waals surface area contributed by atoms with Crippen molar-refractivity contribution in [1.82, 2.24) is 24.8 Å². The molecular weight excluding hydrogens is 561 g/mol. The number of carbonyl (C=O) groups is 2. The number of urea groups is 1. The summed E-state index contributed by atoms with van der Waals surface area (Å²) in [7, 11) is 1.57. The summed E-state index contributed by atoms with van der Waals surface area (Å²) in [6.07, 6.45) is -1.56. The highest BCUT2D eigenvalue weighted by atomic mass is 19.4. The first-order valence-electron chi connectivity index (χ1n) is 13.9. The second kappa shape index (κ2) is 12.4. The molecule has 0 spiro atoms. The van der Waals surface area contributed by atoms with Crippen LogP contribution in [0.25, 0.3) is 11.0 Å². The third-order valence-electron chi connectivity index (χ3n) is 7.68. The van der Waals surface area contributed by atoms with E-state index in [1.54, 1.807) is 44.4 Å². The zero-order chi connectivity index (χ0) is 30.7. The molecule has 0 atom stereocenters. The fourth-order valence-corrected chi connectivity index (χ4v) is 5.08. The number of benzene rings is 2. The number of hydrogen-bond acceptors (Lipinski definition) is 6. The van der Waals surface area contributed by atoms with E-state index in [2.05, 4.69) is 37.4 Å². The molecule has 5 rings (SSSR count). The minimum absolute atomic E-state index is 0.114. The quantitative estimate of drug-likeness (QED) is 0.267. The van der Waals surface area contributed by atoms with Crippen LogP contribution in [0.15, 0.2) is 55.0 Å². The number of amides is 3. The first kappa shape index (κ1) is 30.0. The molecule has 0 bridgehead atoms. The van der Waals surface area contributed by atoms with Crippen LogP contribution in [0.2, 0.25) is 0 Å². The zero-order valence-electron chi connectivity index (χ0n) is 24.1. The molecule has 0 radical (unpaired) electrons. The molecule has 13 heteroatoms. The maximum Gasteiger partial charge on any atom is 0.416 e. The van der Waals surface area contributed by atoms with Crippen molar-refractivity contribution in [2.45, 2.75) is 26.6 Å². The van der Waals surface area contributed by atoms with Crippen LogP contribution in [0.3, 0.4) is 0 Å². The topological polar surface area (TPSA) is 109 Å².